The highest BCUT2D eigenvalue weighted by atomic mass is 35.5. The van der Waals surface area contributed by atoms with Gasteiger partial charge in [-0.3, -0.25) is 13.9 Å². The summed E-state index contributed by atoms with van der Waals surface area (Å²) < 4.78 is 26.7. The van der Waals surface area contributed by atoms with Gasteiger partial charge in [0.1, 0.15) is 12.6 Å². The fourth-order valence-electron chi connectivity index (χ4n) is 4.08. The molecule has 0 spiro atoms. The van der Waals surface area contributed by atoms with Crippen LogP contribution < -0.4 is 9.62 Å². The van der Waals surface area contributed by atoms with Crippen molar-refractivity contribution in [1.82, 2.24) is 10.2 Å². The lowest BCUT2D eigenvalue weighted by molar-refractivity contribution is -0.140. The summed E-state index contributed by atoms with van der Waals surface area (Å²) in [5.74, 6) is -0.759. The first-order valence-corrected chi connectivity index (χ1v) is 15.6. The maximum Gasteiger partial charge on any atom is 0.244 e. The van der Waals surface area contributed by atoms with Gasteiger partial charge in [0.25, 0.3) is 0 Å². The standard InChI is InChI=1S/C29H32Cl3N3O4S/c1-20(2)17-33-29(37)27(15-21-8-5-4-6-9-21)34(18-22-10-7-11-23(30)14-22)28(36)19-35(40(3,38)39)26-16-24(31)12-13-25(26)32/h4-14,16,20,27H,15,17-19H2,1-3H3,(H,33,37)/t27-/m1/s1. The summed E-state index contributed by atoms with van der Waals surface area (Å²) >= 11 is 18.7. The Morgan fingerprint density at radius 3 is 2.15 bits per heavy atom. The van der Waals surface area contributed by atoms with Crippen molar-refractivity contribution in [2.24, 2.45) is 5.92 Å². The van der Waals surface area contributed by atoms with Crippen LogP contribution in [-0.2, 0) is 32.6 Å². The molecule has 7 nitrogen and oxygen atoms in total. The zero-order valence-corrected chi connectivity index (χ0v) is 25.6. The minimum atomic E-state index is -3.97. The van der Waals surface area contributed by atoms with E-state index in [-0.39, 0.29) is 40.5 Å². The van der Waals surface area contributed by atoms with Gasteiger partial charge < -0.3 is 10.2 Å². The third-order valence-electron chi connectivity index (χ3n) is 6.05. The second kappa shape index (κ2) is 14.2. The van der Waals surface area contributed by atoms with Gasteiger partial charge in [0.2, 0.25) is 21.8 Å². The molecule has 1 atom stereocenters. The first-order chi connectivity index (χ1) is 18.8. The number of benzene rings is 3. The van der Waals surface area contributed by atoms with Gasteiger partial charge in [-0.15, -0.1) is 0 Å². The van der Waals surface area contributed by atoms with E-state index in [9.17, 15) is 18.0 Å². The summed E-state index contributed by atoms with van der Waals surface area (Å²) in [6, 6.07) is 19.7. The lowest BCUT2D eigenvalue weighted by Crippen LogP contribution is -2.53. The molecule has 214 valence electrons. The molecule has 3 aromatic rings. The lowest BCUT2D eigenvalue weighted by Gasteiger charge is -2.34. The van der Waals surface area contributed by atoms with Gasteiger partial charge >= 0.3 is 0 Å². The molecule has 1 N–H and O–H groups in total. The topological polar surface area (TPSA) is 86.8 Å². The smallest absolute Gasteiger partial charge is 0.244 e. The first kappa shape index (κ1) is 31.7. The highest BCUT2D eigenvalue weighted by Gasteiger charge is 2.33. The number of amides is 2. The largest absolute Gasteiger partial charge is 0.354 e. The van der Waals surface area contributed by atoms with Gasteiger partial charge in [0, 0.05) is 29.6 Å². The van der Waals surface area contributed by atoms with E-state index in [1.165, 1.54) is 23.1 Å². The average Bonchev–Trinajstić information content (AvgIpc) is 2.89. The van der Waals surface area contributed by atoms with Crippen LogP contribution in [0.1, 0.15) is 25.0 Å². The number of carbonyl (C=O) groups is 2. The molecule has 3 aromatic carbocycles. The fourth-order valence-corrected chi connectivity index (χ4v) is 5.58. The Morgan fingerprint density at radius 2 is 1.52 bits per heavy atom. The van der Waals surface area contributed by atoms with Crippen molar-refractivity contribution in [3.63, 3.8) is 0 Å². The summed E-state index contributed by atoms with van der Waals surface area (Å²) in [5.41, 5.74) is 1.59. The number of hydrogen-bond acceptors (Lipinski definition) is 4. The predicted molar refractivity (Wildman–Crippen MR) is 162 cm³/mol. The van der Waals surface area contributed by atoms with Gasteiger partial charge in [-0.25, -0.2) is 8.42 Å². The van der Waals surface area contributed by atoms with E-state index in [2.05, 4.69) is 5.32 Å². The van der Waals surface area contributed by atoms with Gasteiger partial charge in [-0.05, 0) is 47.4 Å². The second-order valence-electron chi connectivity index (χ2n) is 9.86. The van der Waals surface area contributed by atoms with E-state index >= 15 is 0 Å². The van der Waals surface area contributed by atoms with Crippen molar-refractivity contribution >= 4 is 62.3 Å². The van der Waals surface area contributed by atoms with Crippen LogP contribution in [0, 0.1) is 5.92 Å². The van der Waals surface area contributed by atoms with E-state index in [0.29, 0.717) is 17.1 Å². The number of hydrogen-bond donors (Lipinski definition) is 1. The SMILES string of the molecule is CC(C)CNC(=O)[C@@H](Cc1ccccc1)N(Cc1cccc(Cl)c1)C(=O)CN(c1cc(Cl)ccc1Cl)S(C)(=O)=O. The molecule has 0 unspecified atom stereocenters. The molecule has 3 rings (SSSR count). The van der Waals surface area contributed by atoms with Crippen molar-refractivity contribution in [3.05, 3.63) is 99.0 Å². The molecule has 0 bridgehead atoms. The van der Waals surface area contributed by atoms with Gasteiger partial charge in [-0.1, -0.05) is 91.1 Å². The molecule has 0 aromatic heterocycles. The van der Waals surface area contributed by atoms with Crippen LogP contribution in [0.4, 0.5) is 5.69 Å². The molecule has 40 heavy (non-hydrogen) atoms. The molecule has 0 aliphatic carbocycles. The van der Waals surface area contributed by atoms with E-state index in [1.807, 2.05) is 44.2 Å². The molecule has 0 radical (unpaired) electrons. The van der Waals surface area contributed by atoms with E-state index in [4.69, 9.17) is 34.8 Å². The Balaban J connectivity index is 2.07. The molecule has 0 saturated carbocycles. The van der Waals surface area contributed by atoms with Crippen molar-refractivity contribution in [2.45, 2.75) is 32.9 Å². The highest BCUT2D eigenvalue weighted by Crippen LogP contribution is 2.31. The number of nitrogens with zero attached hydrogens (tertiary/aromatic N) is 2. The number of sulfonamides is 1. The number of anilines is 1. The molecule has 11 heteroatoms. The minimum absolute atomic E-state index is 0.0207. The van der Waals surface area contributed by atoms with Crippen molar-refractivity contribution in [1.29, 1.82) is 0 Å². The summed E-state index contributed by atoms with van der Waals surface area (Å²) in [7, 11) is -3.97. The molecule has 0 fully saturated rings. The van der Waals surface area contributed by atoms with Crippen molar-refractivity contribution in [2.75, 3.05) is 23.7 Å². The Labute approximate surface area is 251 Å². The average molecular weight is 625 g/mol. The van der Waals surface area contributed by atoms with E-state index in [0.717, 1.165) is 16.1 Å². The van der Waals surface area contributed by atoms with Crippen molar-refractivity contribution < 1.29 is 18.0 Å². The zero-order valence-electron chi connectivity index (χ0n) is 22.5. The molecule has 0 aliphatic heterocycles. The molecule has 0 aliphatic rings. The summed E-state index contributed by atoms with van der Waals surface area (Å²) in [5, 5.41) is 3.77. The number of rotatable bonds is 12. The van der Waals surface area contributed by atoms with Crippen LogP contribution in [0.5, 0.6) is 0 Å². The molecular weight excluding hydrogens is 593 g/mol. The molecule has 0 saturated heterocycles. The van der Waals surface area contributed by atoms with Crippen LogP contribution in [0.3, 0.4) is 0 Å². The summed E-state index contributed by atoms with van der Waals surface area (Å²) in [6.45, 7) is 3.78. The van der Waals surface area contributed by atoms with Gasteiger partial charge in [0.15, 0.2) is 0 Å². The maximum absolute atomic E-state index is 14.1. The van der Waals surface area contributed by atoms with Crippen LogP contribution >= 0.6 is 34.8 Å². The van der Waals surface area contributed by atoms with Gasteiger partial charge in [-0.2, -0.15) is 0 Å². The zero-order chi connectivity index (χ0) is 29.4. The maximum atomic E-state index is 14.1. The lowest BCUT2D eigenvalue weighted by atomic mass is 10.0. The number of carbonyl (C=O) groups excluding carboxylic acids is 2. The Morgan fingerprint density at radius 1 is 0.875 bits per heavy atom. The third kappa shape index (κ3) is 9.13. The second-order valence-corrected chi connectivity index (χ2v) is 13.0. The highest BCUT2D eigenvalue weighted by molar-refractivity contribution is 7.92. The summed E-state index contributed by atoms with van der Waals surface area (Å²) in [4.78, 5) is 29.1. The Hall–Kier alpha value is -2.78. The monoisotopic (exact) mass is 623 g/mol. The molecular formula is C29H32Cl3N3O4S. The Bertz CT molecular complexity index is 1440. The third-order valence-corrected chi connectivity index (χ3v) is 7.97. The predicted octanol–water partition coefficient (Wildman–Crippen LogP) is 5.83. The van der Waals surface area contributed by atoms with Crippen LogP contribution in [-0.4, -0.2) is 50.5 Å². The number of nitrogens with one attached hydrogen (secondary N) is 1. The van der Waals surface area contributed by atoms with Gasteiger partial charge in [0.05, 0.1) is 17.0 Å². The van der Waals surface area contributed by atoms with E-state index in [1.54, 1.807) is 24.3 Å². The fraction of sp³-hybridized carbons (Fsp3) is 0.310. The van der Waals surface area contributed by atoms with Crippen LogP contribution in [0.2, 0.25) is 15.1 Å². The molecule has 0 heterocycles. The quantitative estimate of drug-likeness (QED) is 0.275. The number of halogens is 3. The minimum Gasteiger partial charge on any atom is -0.354 e. The van der Waals surface area contributed by atoms with Crippen molar-refractivity contribution in [3.8, 4) is 0 Å². The normalized spacial score (nSPS) is 12.2. The summed E-state index contributed by atoms with van der Waals surface area (Å²) in [6.07, 6.45) is 1.20. The van der Waals surface area contributed by atoms with E-state index < -0.39 is 28.5 Å². The molecule has 2 amide bonds. The van der Waals surface area contributed by atoms with Crippen LogP contribution in [0.15, 0.2) is 72.8 Å². The Kier molecular flexibility index (Phi) is 11.3. The first-order valence-electron chi connectivity index (χ1n) is 12.6. The van der Waals surface area contributed by atoms with Crippen LogP contribution in [0.25, 0.3) is 0 Å².